The van der Waals surface area contributed by atoms with Gasteiger partial charge in [-0.3, -0.25) is 4.79 Å². The van der Waals surface area contributed by atoms with Gasteiger partial charge in [0.15, 0.2) is 0 Å². The molecule has 2 aromatic rings. The minimum absolute atomic E-state index is 0.133. The van der Waals surface area contributed by atoms with E-state index >= 15 is 0 Å². The van der Waals surface area contributed by atoms with Crippen LogP contribution in [-0.2, 0) is 0 Å². The van der Waals surface area contributed by atoms with Gasteiger partial charge in [0.2, 0.25) is 0 Å². The van der Waals surface area contributed by atoms with Crippen molar-refractivity contribution in [2.24, 2.45) is 0 Å². The van der Waals surface area contributed by atoms with Crippen molar-refractivity contribution in [1.29, 1.82) is 0 Å². The molecule has 0 radical (unpaired) electrons. The van der Waals surface area contributed by atoms with Crippen LogP contribution in [0.4, 0.5) is 5.69 Å². The number of phenolic OH excluding ortho intramolecular Hbond substituents is 1. The van der Waals surface area contributed by atoms with Crippen molar-refractivity contribution >= 4 is 11.6 Å². The average Bonchev–Trinajstić information content (AvgIpc) is 2.38. The molecular formula is C16H17NO2. The highest BCUT2D eigenvalue weighted by molar-refractivity contribution is 6.05. The number of aromatic hydroxyl groups is 1. The van der Waals surface area contributed by atoms with E-state index < -0.39 is 0 Å². The molecule has 0 aliphatic rings. The van der Waals surface area contributed by atoms with Crippen LogP contribution in [0.15, 0.2) is 36.4 Å². The van der Waals surface area contributed by atoms with Gasteiger partial charge in [0.25, 0.3) is 5.91 Å². The summed E-state index contributed by atoms with van der Waals surface area (Å²) in [5.74, 6) is -0.0855. The van der Waals surface area contributed by atoms with Crippen LogP contribution in [0.25, 0.3) is 0 Å². The predicted molar refractivity (Wildman–Crippen MR) is 76.7 cm³/mol. The first-order valence-electron chi connectivity index (χ1n) is 6.16. The molecule has 98 valence electrons. The van der Waals surface area contributed by atoms with Crippen molar-refractivity contribution in [2.45, 2.75) is 20.8 Å². The number of amides is 1. The van der Waals surface area contributed by atoms with Gasteiger partial charge in [0.1, 0.15) is 5.75 Å². The quantitative estimate of drug-likeness (QED) is 0.861. The molecule has 19 heavy (non-hydrogen) atoms. The van der Waals surface area contributed by atoms with Gasteiger partial charge in [0, 0.05) is 11.3 Å². The van der Waals surface area contributed by atoms with E-state index in [2.05, 4.69) is 5.32 Å². The van der Waals surface area contributed by atoms with E-state index in [-0.39, 0.29) is 11.7 Å². The van der Waals surface area contributed by atoms with Crippen LogP contribution in [0, 0.1) is 20.8 Å². The number of rotatable bonds is 2. The third kappa shape index (κ3) is 2.76. The molecule has 0 aromatic heterocycles. The van der Waals surface area contributed by atoms with Crippen LogP contribution >= 0.6 is 0 Å². The number of phenols is 1. The number of anilines is 1. The van der Waals surface area contributed by atoms with Gasteiger partial charge in [-0.2, -0.15) is 0 Å². The summed E-state index contributed by atoms with van der Waals surface area (Å²) >= 11 is 0. The Morgan fingerprint density at radius 2 is 1.79 bits per heavy atom. The molecule has 0 atom stereocenters. The van der Waals surface area contributed by atoms with Gasteiger partial charge in [0.05, 0.1) is 0 Å². The monoisotopic (exact) mass is 255 g/mol. The Hall–Kier alpha value is -2.29. The lowest BCUT2D eigenvalue weighted by atomic mass is 10.1. The number of aryl methyl sites for hydroxylation is 2. The molecule has 0 unspecified atom stereocenters. The zero-order valence-electron chi connectivity index (χ0n) is 11.3. The molecule has 0 aliphatic heterocycles. The molecule has 2 N–H and O–H groups in total. The molecule has 2 rings (SSSR count). The molecular weight excluding hydrogens is 238 g/mol. The van der Waals surface area contributed by atoms with Gasteiger partial charge in [-0.05, 0) is 55.7 Å². The molecule has 0 heterocycles. The van der Waals surface area contributed by atoms with Crippen LogP contribution in [0.2, 0.25) is 0 Å². The first kappa shape index (κ1) is 13.1. The van der Waals surface area contributed by atoms with E-state index in [0.29, 0.717) is 5.56 Å². The second-order valence-electron chi connectivity index (χ2n) is 4.70. The largest absolute Gasteiger partial charge is 0.508 e. The average molecular weight is 255 g/mol. The Labute approximate surface area is 112 Å². The zero-order chi connectivity index (χ0) is 14.0. The van der Waals surface area contributed by atoms with E-state index in [0.717, 1.165) is 22.4 Å². The normalized spacial score (nSPS) is 10.3. The summed E-state index contributed by atoms with van der Waals surface area (Å²) in [6, 6.07) is 10.7. The molecule has 2 aromatic carbocycles. The van der Waals surface area contributed by atoms with Crippen molar-refractivity contribution in [1.82, 2.24) is 0 Å². The number of benzene rings is 2. The molecule has 0 bridgehead atoms. The number of nitrogens with one attached hydrogen (secondary N) is 1. The fourth-order valence-corrected chi connectivity index (χ4v) is 1.83. The molecule has 0 spiro atoms. The number of hydrogen-bond acceptors (Lipinski definition) is 2. The van der Waals surface area contributed by atoms with Crippen molar-refractivity contribution in [3.8, 4) is 5.75 Å². The van der Waals surface area contributed by atoms with E-state index in [9.17, 15) is 9.90 Å². The second kappa shape index (κ2) is 5.14. The Bertz CT molecular complexity index is 633. The lowest BCUT2D eigenvalue weighted by Gasteiger charge is -2.10. The highest BCUT2D eigenvalue weighted by Crippen LogP contribution is 2.21. The van der Waals surface area contributed by atoms with Crippen molar-refractivity contribution in [3.63, 3.8) is 0 Å². The van der Waals surface area contributed by atoms with Gasteiger partial charge < -0.3 is 10.4 Å². The van der Waals surface area contributed by atoms with Crippen molar-refractivity contribution < 1.29 is 9.90 Å². The highest BCUT2D eigenvalue weighted by atomic mass is 16.3. The fourth-order valence-electron chi connectivity index (χ4n) is 1.83. The van der Waals surface area contributed by atoms with Crippen LogP contribution in [0.1, 0.15) is 27.0 Å². The molecule has 0 saturated carbocycles. The summed E-state index contributed by atoms with van der Waals surface area (Å²) in [6.45, 7) is 5.77. The van der Waals surface area contributed by atoms with Gasteiger partial charge in [-0.25, -0.2) is 0 Å². The minimum atomic E-state index is -0.219. The molecule has 0 fully saturated rings. The number of carbonyl (C=O) groups excluding carboxylic acids is 1. The number of hydrogen-bond donors (Lipinski definition) is 2. The van der Waals surface area contributed by atoms with E-state index in [4.69, 9.17) is 0 Å². The maximum absolute atomic E-state index is 12.1. The maximum atomic E-state index is 12.1. The summed E-state index contributed by atoms with van der Waals surface area (Å²) < 4.78 is 0. The van der Waals surface area contributed by atoms with E-state index in [1.807, 2.05) is 32.0 Å². The summed E-state index contributed by atoms with van der Waals surface area (Å²) in [7, 11) is 0. The van der Waals surface area contributed by atoms with Crippen LogP contribution < -0.4 is 5.32 Å². The second-order valence-corrected chi connectivity index (χ2v) is 4.70. The van der Waals surface area contributed by atoms with Gasteiger partial charge in [-0.1, -0.05) is 18.2 Å². The Morgan fingerprint density at radius 1 is 1.05 bits per heavy atom. The van der Waals surface area contributed by atoms with Crippen LogP contribution in [0.3, 0.4) is 0 Å². The smallest absolute Gasteiger partial charge is 0.255 e. The zero-order valence-corrected chi connectivity index (χ0v) is 11.3. The van der Waals surface area contributed by atoms with Crippen LogP contribution in [-0.4, -0.2) is 11.0 Å². The topological polar surface area (TPSA) is 49.3 Å². The minimum Gasteiger partial charge on any atom is -0.508 e. The third-order valence-corrected chi connectivity index (χ3v) is 3.32. The fraction of sp³-hybridized carbons (Fsp3) is 0.188. The Balaban J connectivity index is 2.26. The molecule has 1 amide bonds. The first-order chi connectivity index (χ1) is 8.99. The maximum Gasteiger partial charge on any atom is 0.255 e. The summed E-state index contributed by atoms with van der Waals surface area (Å²) in [6.07, 6.45) is 0. The van der Waals surface area contributed by atoms with Crippen molar-refractivity contribution in [2.75, 3.05) is 5.32 Å². The van der Waals surface area contributed by atoms with Gasteiger partial charge in [-0.15, -0.1) is 0 Å². The highest BCUT2D eigenvalue weighted by Gasteiger charge is 2.09. The lowest BCUT2D eigenvalue weighted by Crippen LogP contribution is -2.13. The summed E-state index contributed by atoms with van der Waals surface area (Å²) in [5, 5.41) is 12.5. The third-order valence-electron chi connectivity index (χ3n) is 3.32. The number of carbonyl (C=O) groups is 1. The Kier molecular flexibility index (Phi) is 3.56. The van der Waals surface area contributed by atoms with Crippen molar-refractivity contribution in [3.05, 3.63) is 58.7 Å². The summed E-state index contributed by atoms with van der Waals surface area (Å²) in [5.41, 5.74) is 4.18. The Morgan fingerprint density at radius 3 is 2.47 bits per heavy atom. The SMILES string of the molecule is Cc1ccc(C(=O)Nc2cccc(C)c2C)cc1O. The van der Waals surface area contributed by atoms with Crippen LogP contribution in [0.5, 0.6) is 5.75 Å². The van der Waals surface area contributed by atoms with Gasteiger partial charge >= 0.3 is 0 Å². The first-order valence-corrected chi connectivity index (χ1v) is 6.16. The molecule has 3 nitrogen and oxygen atoms in total. The predicted octanol–water partition coefficient (Wildman–Crippen LogP) is 3.57. The summed E-state index contributed by atoms with van der Waals surface area (Å²) in [4.78, 5) is 12.1. The molecule has 0 saturated heterocycles. The molecule has 0 aliphatic carbocycles. The lowest BCUT2D eigenvalue weighted by molar-refractivity contribution is 0.102. The van der Waals surface area contributed by atoms with E-state index in [1.165, 1.54) is 6.07 Å². The van der Waals surface area contributed by atoms with E-state index in [1.54, 1.807) is 19.1 Å². The molecule has 3 heteroatoms. The standard InChI is InChI=1S/C16H17NO2/c1-10-5-4-6-14(12(10)3)17-16(19)13-8-7-11(2)15(18)9-13/h4-9,18H,1-3H3,(H,17,19).